The quantitative estimate of drug-likeness (QED) is 0.767. The van der Waals surface area contributed by atoms with Crippen molar-refractivity contribution in [2.24, 2.45) is 11.8 Å². The first kappa shape index (κ1) is 15.5. The van der Waals surface area contributed by atoms with Gasteiger partial charge in [0.2, 0.25) is 5.91 Å². The van der Waals surface area contributed by atoms with Gasteiger partial charge in [-0.05, 0) is 24.3 Å². The smallest absolute Gasteiger partial charge is 0.226 e. The van der Waals surface area contributed by atoms with Crippen LogP contribution < -0.4 is 0 Å². The first-order chi connectivity index (χ1) is 10.5. The van der Waals surface area contributed by atoms with Gasteiger partial charge in [-0.2, -0.15) is 0 Å². The second-order valence-corrected chi connectivity index (χ2v) is 12.9. The van der Waals surface area contributed by atoms with E-state index in [-0.39, 0.29) is 5.92 Å². The molecule has 3 rings (SSSR count). The van der Waals surface area contributed by atoms with E-state index in [2.05, 4.69) is 66.6 Å². The molecule has 118 valence electrons. The highest BCUT2D eigenvalue weighted by Gasteiger charge is 2.55. The Kier molecular flexibility index (Phi) is 4.26. The van der Waals surface area contributed by atoms with Gasteiger partial charge >= 0.3 is 0 Å². The lowest BCUT2D eigenvalue weighted by atomic mass is 10.1. The van der Waals surface area contributed by atoms with Gasteiger partial charge in [-0.25, -0.2) is 0 Å². The Morgan fingerprint density at radius 2 is 1.77 bits per heavy atom. The second-order valence-electron chi connectivity index (χ2n) is 7.80. The zero-order chi connectivity index (χ0) is 15.7. The van der Waals surface area contributed by atoms with E-state index >= 15 is 0 Å². The minimum atomic E-state index is -1.21. The van der Waals surface area contributed by atoms with Crippen molar-refractivity contribution in [2.45, 2.75) is 38.4 Å². The fourth-order valence-corrected chi connectivity index (χ4v) is 4.34. The highest BCUT2D eigenvalue weighted by molar-refractivity contribution is 6.80. The average Bonchev–Trinajstić information content (AvgIpc) is 2.93. The van der Waals surface area contributed by atoms with Crippen molar-refractivity contribution in [1.29, 1.82) is 0 Å². The first-order valence-electron chi connectivity index (χ1n) is 8.50. The molecule has 0 spiro atoms. The van der Waals surface area contributed by atoms with E-state index in [1.165, 1.54) is 18.4 Å². The number of rotatable bonds is 4. The molecule has 0 unspecified atom stereocenters. The molecule has 1 amide bonds. The Morgan fingerprint density at radius 3 is 2.36 bits per heavy atom. The standard InChI is InChI=1S/C19H27NOSi/c1-22(2,3)14-11-16-17(15-9-5-4-6-10-15)18(16)19(21)20-12-7-8-13-20/h4-6,9-11,14,16-18H,7-8,12-13H2,1-3H3/b14-11+/t16-,17+,18+/m1/s1. The predicted octanol–water partition coefficient (Wildman–Crippen LogP) is 4.07. The van der Waals surface area contributed by atoms with Gasteiger partial charge < -0.3 is 4.90 Å². The molecule has 1 heterocycles. The summed E-state index contributed by atoms with van der Waals surface area (Å²) in [6.07, 6.45) is 4.69. The van der Waals surface area contributed by atoms with E-state index in [1.807, 2.05) is 0 Å². The molecule has 0 N–H and O–H groups in total. The number of hydrogen-bond acceptors (Lipinski definition) is 1. The molecule has 0 aromatic heterocycles. The monoisotopic (exact) mass is 313 g/mol. The van der Waals surface area contributed by atoms with E-state index in [4.69, 9.17) is 0 Å². The van der Waals surface area contributed by atoms with Crippen molar-refractivity contribution < 1.29 is 4.79 Å². The van der Waals surface area contributed by atoms with Crippen molar-refractivity contribution in [3.8, 4) is 0 Å². The van der Waals surface area contributed by atoms with E-state index < -0.39 is 8.07 Å². The van der Waals surface area contributed by atoms with Gasteiger partial charge in [0.15, 0.2) is 0 Å². The maximum absolute atomic E-state index is 12.8. The SMILES string of the molecule is C[Si](C)(C)/C=C/[C@H]1[C@H](C(=O)N2CCCC2)[C@H]1c1ccccc1. The molecular weight excluding hydrogens is 286 g/mol. The van der Waals surface area contributed by atoms with Crippen LogP contribution >= 0.6 is 0 Å². The Labute approximate surface area is 135 Å². The predicted molar refractivity (Wildman–Crippen MR) is 94.5 cm³/mol. The van der Waals surface area contributed by atoms with Crippen molar-refractivity contribution in [3.05, 3.63) is 47.7 Å². The van der Waals surface area contributed by atoms with Crippen LogP contribution in [0.5, 0.6) is 0 Å². The molecule has 1 saturated heterocycles. The molecule has 1 aliphatic carbocycles. The molecule has 3 heteroatoms. The van der Waals surface area contributed by atoms with Gasteiger partial charge in [0.1, 0.15) is 0 Å². The summed E-state index contributed by atoms with van der Waals surface area (Å²) in [5.74, 6) is 1.36. The van der Waals surface area contributed by atoms with Crippen LogP contribution in [0.3, 0.4) is 0 Å². The minimum Gasteiger partial charge on any atom is -0.342 e. The number of amides is 1. The molecule has 0 bridgehead atoms. The lowest BCUT2D eigenvalue weighted by Gasteiger charge is -2.15. The number of carbonyl (C=O) groups excluding carboxylic acids is 1. The summed E-state index contributed by atoms with van der Waals surface area (Å²) in [5, 5.41) is 0. The van der Waals surface area contributed by atoms with Gasteiger partial charge in [0.25, 0.3) is 0 Å². The van der Waals surface area contributed by atoms with Crippen LogP contribution in [0, 0.1) is 11.8 Å². The second kappa shape index (κ2) is 6.03. The zero-order valence-corrected chi connectivity index (χ0v) is 15.0. The third kappa shape index (κ3) is 3.35. The Balaban J connectivity index is 1.79. The molecule has 3 atom stereocenters. The van der Waals surface area contributed by atoms with Gasteiger partial charge in [0, 0.05) is 19.0 Å². The van der Waals surface area contributed by atoms with Crippen LogP contribution in [0.2, 0.25) is 19.6 Å². The normalized spacial score (nSPS) is 28.3. The summed E-state index contributed by atoms with van der Waals surface area (Å²) in [6, 6.07) is 10.6. The number of carbonyl (C=O) groups is 1. The van der Waals surface area contributed by atoms with Gasteiger partial charge in [-0.3, -0.25) is 4.79 Å². The molecule has 1 aromatic rings. The number of likely N-dealkylation sites (tertiary alicyclic amines) is 1. The fourth-order valence-electron chi connectivity index (χ4n) is 3.55. The maximum Gasteiger partial charge on any atom is 0.226 e. The Morgan fingerprint density at radius 1 is 1.14 bits per heavy atom. The fraction of sp³-hybridized carbons (Fsp3) is 0.526. The number of allylic oxidation sites excluding steroid dienone is 1. The van der Waals surface area contributed by atoms with Crippen molar-refractivity contribution >= 4 is 14.0 Å². The van der Waals surface area contributed by atoms with Crippen molar-refractivity contribution in [1.82, 2.24) is 4.90 Å². The van der Waals surface area contributed by atoms with Crippen molar-refractivity contribution in [2.75, 3.05) is 13.1 Å². The highest BCUT2D eigenvalue weighted by Crippen LogP contribution is 2.56. The van der Waals surface area contributed by atoms with Crippen LogP contribution in [-0.4, -0.2) is 32.0 Å². The van der Waals surface area contributed by atoms with Gasteiger partial charge in [-0.15, -0.1) is 0 Å². The molecule has 2 aliphatic rings. The molecule has 1 aliphatic heterocycles. The van der Waals surface area contributed by atoms with Gasteiger partial charge in [-0.1, -0.05) is 61.7 Å². The molecule has 1 aromatic carbocycles. The molecule has 22 heavy (non-hydrogen) atoms. The maximum atomic E-state index is 12.8. The summed E-state index contributed by atoms with van der Waals surface area (Å²) in [5.41, 5.74) is 3.73. The number of hydrogen-bond donors (Lipinski definition) is 0. The van der Waals surface area contributed by atoms with Crippen LogP contribution in [-0.2, 0) is 4.79 Å². The van der Waals surface area contributed by atoms with E-state index in [0.29, 0.717) is 17.7 Å². The van der Waals surface area contributed by atoms with E-state index in [9.17, 15) is 4.79 Å². The molecule has 0 radical (unpaired) electrons. The number of benzene rings is 1. The third-order valence-corrected chi connectivity index (χ3v) is 5.97. The van der Waals surface area contributed by atoms with E-state index in [1.54, 1.807) is 0 Å². The first-order valence-corrected chi connectivity index (χ1v) is 12.1. The average molecular weight is 314 g/mol. The summed E-state index contributed by atoms with van der Waals surface area (Å²) >= 11 is 0. The van der Waals surface area contributed by atoms with Crippen LogP contribution in [0.15, 0.2) is 42.1 Å². The van der Waals surface area contributed by atoms with Crippen LogP contribution in [0.25, 0.3) is 0 Å². The molecular formula is C19H27NOSi. The lowest BCUT2D eigenvalue weighted by Crippen LogP contribution is -2.29. The molecule has 1 saturated carbocycles. The molecule has 2 nitrogen and oxygen atoms in total. The zero-order valence-electron chi connectivity index (χ0n) is 14.0. The topological polar surface area (TPSA) is 20.3 Å². The van der Waals surface area contributed by atoms with E-state index in [0.717, 1.165) is 13.1 Å². The lowest BCUT2D eigenvalue weighted by molar-refractivity contribution is -0.131. The van der Waals surface area contributed by atoms with Crippen LogP contribution in [0.4, 0.5) is 0 Å². The van der Waals surface area contributed by atoms with Crippen molar-refractivity contribution in [3.63, 3.8) is 0 Å². The highest BCUT2D eigenvalue weighted by atomic mass is 28.3. The minimum absolute atomic E-state index is 0.174. The Hall–Kier alpha value is -1.35. The van der Waals surface area contributed by atoms with Gasteiger partial charge in [0.05, 0.1) is 14.0 Å². The Bertz CT molecular complexity index is 555. The summed E-state index contributed by atoms with van der Waals surface area (Å²) in [4.78, 5) is 14.9. The third-order valence-electron chi connectivity index (χ3n) is 4.78. The van der Waals surface area contributed by atoms with Crippen LogP contribution in [0.1, 0.15) is 24.3 Å². The summed E-state index contributed by atoms with van der Waals surface area (Å²) in [6.45, 7) is 8.96. The summed E-state index contributed by atoms with van der Waals surface area (Å²) in [7, 11) is -1.21. The largest absolute Gasteiger partial charge is 0.342 e. The number of nitrogens with zero attached hydrogens (tertiary/aromatic N) is 1. The summed E-state index contributed by atoms with van der Waals surface area (Å²) < 4.78 is 0. The molecule has 2 fully saturated rings.